The van der Waals surface area contributed by atoms with Gasteiger partial charge in [0, 0.05) is 51.2 Å². The van der Waals surface area contributed by atoms with Gasteiger partial charge in [-0.3, -0.25) is 4.90 Å². The fourth-order valence-electron chi connectivity index (χ4n) is 3.39. The van der Waals surface area contributed by atoms with Crippen LogP contribution in [-0.2, 0) is 4.74 Å². The zero-order chi connectivity index (χ0) is 18.5. The number of rotatable bonds is 5. The average molecular weight is 360 g/mol. The van der Waals surface area contributed by atoms with Crippen molar-refractivity contribution in [1.82, 2.24) is 9.80 Å². The van der Waals surface area contributed by atoms with Gasteiger partial charge in [0.05, 0.1) is 6.10 Å². The van der Waals surface area contributed by atoms with Gasteiger partial charge < -0.3 is 19.9 Å². The first-order valence-corrected chi connectivity index (χ1v) is 9.38. The number of anilines is 2. The first-order valence-electron chi connectivity index (χ1n) is 9.38. The quantitative estimate of drug-likeness (QED) is 0.878. The standard InChI is InChI=1S/C19H28N4O3/c1-3-22(14-17-9-4-5-12-26-17)18(24)20-15-7-6-8-16(13-15)23-11-10-21(2)19(23)25/h6-8,13,17H,3-5,9-12,14H2,1-2H3,(H,20,24)/t17-/m0/s1. The topological polar surface area (TPSA) is 65.1 Å². The van der Waals surface area contributed by atoms with Crippen molar-refractivity contribution in [2.24, 2.45) is 0 Å². The lowest BCUT2D eigenvalue weighted by molar-refractivity contribution is 0.00221. The predicted molar refractivity (Wildman–Crippen MR) is 102 cm³/mol. The molecule has 7 heteroatoms. The number of likely N-dealkylation sites (N-methyl/N-ethyl adjacent to an activating group) is 2. The van der Waals surface area contributed by atoms with E-state index in [0.717, 1.165) is 31.6 Å². The van der Waals surface area contributed by atoms with E-state index in [1.165, 1.54) is 0 Å². The minimum atomic E-state index is -0.135. The van der Waals surface area contributed by atoms with Crippen LogP contribution in [0.2, 0.25) is 0 Å². The summed E-state index contributed by atoms with van der Waals surface area (Å²) in [4.78, 5) is 30.0. The van der Waals surface area contributed by atoms with Crippen LogP contribution < -0.4 is 10.2 Å². The van der Waals surface area contributed by atoms with Gasteiger partial charge in [-0.05, 0) is 44.4 Å². The van der Waals surface area contributed by atoms with E-state index in [0.29, 0.717) is 31.9 Å². The predicted octanol–water partition coefficient (Wildman–Crippen LogP) is 2.98. The molecule has 3 rings (SSSR count). The third-order valence-corrected chi connectivity index (χ3v) is 4.99. The molecule has 1 aromatic rings. The number of hydrogen-bond acceptors (Lipinski definition) is 3. The molecule has 0 aromatic heterocycles. The molecule has 0 unspecified atom stereocenters. The zero-order valence-electron chi connectivity index (χ0n) is 15.6. The molecule has 142 valence electrons. The summed E-state index contributed by atoms with van der Waals surface area (Å²) in [6.07, 6.45) is 3.39. The first kappa shape index (κ1) is 18.5. The molecule has 2 aliphatic rings. The van der Waals surface area contributed by atoms with Crippen molar-refractivity contribution in [3.63, 3.8) is 0 Å². The highest BCUT2D eigenvalue weighted by Crippen LogP contribution is 2.23. The van der Waals surface area contributed by atoms with E-state index in [-0.39, 0.29) is 18.2 Å². The van der Waals surface area contributed by atoms with Crippen LogP contribution in [-0.4, -0.2) is 67.8 Å². The normalized spacial score (nSPS) is 20.4. The van der Waals surface area contributed by atoms with E-state index in [1.54, 1.807) is 21.7 Å². The van der Waals surface area contributed by atoms with Crippen molar-refractivity contribution in [3.05, 3.63) is 24.3 Å². The number of ether oxygens (including phenoxy) is 1. The van der Waals surface area contributed by atoms with E-state index in [4.69, 9.17) is 4.74 Å². The Hall–Kier alpha value is -2.28. The van der Waals surface area contributed by atoms with E-state index in [2.05, 4.69) is 5.32 Å². The molecule has 1 N–H and O–H groups in total. The Morgan fingerprint density at radius 1 is 1.35 bits per heavy atom. The summed E-state index contributed by atoms with van der Waals surface area (Å²) in [5.74, 6) is 0. The summed E-state index contributed by atoms with van der Waals surface area (Å²) in [5.41, 5.74) is 1.49. The molecule has 2 heterocycles. The SMILES string of the molecule is CCN(C[C@@H]1CCCCO1)C(=O)Nc1cccc(N2CCN(C)C2=O)c1. The van der Waals surface area contributed by atoms with Crippen LogP contribution in [0.1, 0.15) is 26.2 Å². The summed E-state index contributed by atoms with van der Waals surface area (Å²) < 4.78 is 5.75. The third-order valence-electron chi connectivity index (χ3n) is 4.99. The van der Waals surface area contributed by atoms with Crippen molar-refractivity contribution in [2.45, 2.75) is 32.3 Å². The van der Waals surface area contributed by atoms with Gasteiger partial charge in [-0.1, -0.05) is 6.07 Å². The molecule has 2 saturated heterocycles. The molecule has 0 spiro atoms. The van der Waals surface area contributed by atoms with Gasteiger partial charge in [0.25, 0.3) is 0 Å². The number of benzene rings is 1. The van der Waals surface area contributed by atoms with Gasteiger partial charge in [-0.25, -0.2) is 9.59 Å². The zero-order valence-corrected chi connectivity index (χ0v) is 15.6. The molecule has 0 radical (unpaired) electrons. The van der Waals surface area contributed by atoms with Crippen LogP contribution in [0, 0.1) is 0 Å². The molecule has 4 amide bonds. The Kier molecular flexibility index (Phi) is 5.98. The Morgan fingerprint density at radius 3 is 2.85 bits per heavy atom. The number of urea groups is 2. The average Bonchev–Trinajstić information content (AvgIpc) is 2.99. The highest BCUT2D eigenvalue weighted by molar-refractivity contribution is 5.95. The molecular weight excluding hydrogens is 332 g/mol. The van der Waals surface area contributed by atoms with Crippen molar-refractivity contribution in [3.8, 4) is 0 Å². The van der Waals surface area contributed by atoms with Gasteiger partial charge in [0.2, 0.25) is 0 Å². The largest absolute Gasteiger partial charge is 0.376 e. The lowest BCUT2D eigenvalue weighted by Gasteiger charge is -2.29. The summed E-state index contributed by atoms with van der Waals surface area (Å²) in [6, 6.07) is 7.29. The maximum absolute atomic E-state index is 12.6. The number of carbonyl (C=O) groups is 2. The maximum Gasteiger partial charge on any atom is 0.324 e. The fourth-order valence-corrected chi connectivity index (χ4v) is 3.39. The molecule has 1 aromatic carbocycles. The monoisotopic (exact) mass is 360 g/mol. The minimum absolute atomic E-state index is 0.0156. The van der Waals surface area contributed by atoms with Crippen molar-refractivity contribution < 1.29 is 14.3 Å². The summed E-state index contributed by atoms with van der Waals surface area (Å²) in [6.45, 7) is 5.35. The van der Waals surface area contributed by atoms with E-state index in [9.17, 15) is 9.59 Å². The third kappa shape index (κ3) is 4.27. The van der Waals surface area contributed by atoms with Gasteiger partial charge in [0.15, 0.2) is 0 Å². The number of nitrogens with one attached hydrogen (secondary N) is 1. The van der Waals surface area contributed by atoms with Crippen LogP contribution in [0.3, 0.4) is 0 Å². The molecule has 7 nitrogen and oxygen atoms in total. The molecule has 2 aliphatic heterocycles. The van der Waals surface area contributed by atoms with E-state index in [1.807, 2.05) is 31.2 Å². The molecule has 0 aliphatic carbocycles. The van der Waals surface area contributed by atoms with Crippen molar-refractivity contribution >= 4 is 23.4 Å². The molecule has 1 atom stereocenters. The van der Waals surface area contributed by atoms with Gasteiger partial charge in [-0.2, -0.15) is 0 Å². The molecule has 26 heavy (non-hydrogen) atoms. The second-order valence-corrected chi connectivity index (χ2v) is 6.86. The lowest BCUT2D eigenvalue weighted by Crippen LogP contribution is -2.41. The van der Waals surface area contributed by atoms with Crippen LogP contribution in [0.4, 0.5) is 21.0 Å². The highest BCUT2D eigenvalue weighted by atomic mass is 16.5. The number of carbonyl (C=O) groups excluding carboxylic acids is 2. The Balaban J connectivity index is 1.62. The first-order chi connectivity index (χ1) is 12.6. The highest BCUT2D eigenvalue weighted by Gasteiger charge is 2.27. The summed E-state index contributed by atoms with van der Waals surface area (Å²) >= 11 is 0. The van der Waals surface area contributed by atoms with Crippen LogP contribution in [0.5, 0.6) is 0 Å². The smallest absolute Gasteiger partial charge is 0.324 e. The molecular formula is C19H28N4O3. The van der Waals surface area contributed by atoms with E-state index < -0.39 is 0 Å². The molecule has 0 saturated carbocycles. The molecule has 0 bridgehead atoms. The Morgan fingerprint density at radius 2 is 2.19 bits per heavy atom. The van der Waals surface area contributed by atoms with Gasteiger partial charge in [-0.15, -0.1) is 0 Å². The fraction of sp³-hybridized carbons (Fsp3) is 0.579. The maximum atomic E-state index is 12.6. The lowest BCUT2D eigenvalue weighted by atomic mass is 10.1. The second kappa shape index (κ2) is 8.40. The number of hydrogen-bond donors (Lipinski definition) is 1. The van der Waals surface area contributed by atoms with Crippen LogP contribution in [0.25, 0.3) is 0 Å². The Bertz CT molecular complexity index is 645. The number of nitrogens with zero attached hydrogens (tertiary/aromatic N) is 3. The van der Waals surface area contributed by atoms with Crippen LogP contribution in [0.15, 0.2) is 24.3 Å². The van der Waals surface area contributed by atoms with Gasteiger partial charge in [0.1, 0.15) is 0 Å². The summed E-state index contributed by atoms with van der Waals surface area (Å²) in [7, 11) is 1.79. The summed E-state index contributed by atoms with van der Waals surface area (Å²) in [5, 5.41) is 2.95. The number of amides is 4. The molecule has 2 fully saturated rings. The van der Waals surface area contributed by atoms with Gasteiger partial charge >= 0.3 is 12.1 Å². The van der Waals surface area contributed by atoms with E-state index >= 15 is 0 Å². The van der Waals surface area contributed by atoms with Crippen molar-refractivity contribution in [1.29, 1.82) is 0 Å². The minimum Gasteiger partial charge on any atom is -0.376 e. The second-order valence-electron chi connectivity index (χ2n) is 6.86. The Labute approximate surface area is 154 Å². The van der Waals surface area contributed by atoms with Crippen molar-refractivity contribution in [2.75, 3.05) is 50.1 Å². The van der Waals surface area contributed by atoms with Crippen LogP contribution >= 0.6 is 0 Å².